The zero-order valence-corrected chi connectivity index (χ0v) is 31.7. The Bertz CT molecular complexity index is 3410. The minimum atomic E-state index is -4.47. The summed E-state index contributed by atoms with van der Waals surface area (Å²) in [6.07, 6.45) is -4.47. The molecule has 0 amide bonds. The molecule has 2 aromatic heterocycles. The minimum absolute atomic E-state index is 0.408. The number of para-hydroxylation sites is 2. The molecule has 284 valence electrons. The lowest BCUT2D eigenvalue weighted by molar-refractivity contribution is -0.137. The van der Waals surface area contributed by atoms with E-state index in [4.69, 9.17) is 8.83 Å². The molecular formula is C52H33F3N2O2. The van der Waals surface area contributed by atoms with Crippen LogP contribution in [0.3, 0.4) is 0 Å². The number of hydrogen-bond donors (Lipinski definition) is 0. The highest BCUT2D eigenvalue weighted by molar-refractivity contribution is 6.21. The minimum Gasteiger partial charge on any atom is -0.452 e. The van der Waals surface area contributed by atoms with Gasteiger partial charge in [-0.2, -0.15) is 13.2 Å². The van der Waals surface area contributed by atoms with Crippen molar-refractivity contribution in [3.05, 3.63) is 193 Å². The third kappa shape index (κ3) is 5.93. The average molecular weight is 775 g/mol. The van der Waals surface area contributed by atoms with E-state index in [0.717, 1.165) is 83.2 Å². The van der Waals surface area contributed by atoms with Crippen molar-refractivity contribution in [3.63, 3.8) is 0 Å². The third-order valence-electron chi connectivity index (χ3n) is 11.2. The van der Waals surface area contributed by atoms with Gasteiger partial charge in [0.2, 0.25) is 0 Å². The molecule has 0 saturated carbocycles. The highest BCUT2D eigenvalue weighted by atomic mass is 19.4. The van der Waals surface area contributed by atoms with Crippen LogP contribution in [0.4, 0.5) is 47.3 Å². The van der Waals surface area contributed by atoms with E-state index in [1.54, 1.807) is 6.07 Å². The molecular weight excluding hydrogens is 742 g/mol. The normalized spacial score (nSPS) is 12.1. The van der Waals surface area contributed by atoms with E-state index >= 15 is 0 Å². The number of alkyl halides is 3. The molecule has 0 aliphatic heterocycles. The standard InChI is InChI=1S/C52H33F3N2O2/c1-32-10-8-16-40(24-32)56(38-12-4-2-5-13-38)42-20-18-33-27-46-44-22-23-45-47-28-34-19-21-43(26-36(34)30-49(47)59-51(45)50(44)58-48(46)29-35(33)25-42)57(39-14-6-3-7-15-39)41-17-9-11-37(31-41)52(53,54)55/h2-31H,1H3. The van der Waals surface area contributed by atoms with E-state index in [2.05, 4.69) is 109 Å². The molecule has 0 atom stereocenters. The molecule has 2 heterocycles. The third-order valence-corrected chi connectivity index (χ3v) is 11.2. The summed E-state index contributed by atoms with van der Waals surface area (Å²) in [5.41, 5.74) is 8.36. The van der Waals surface area contributed by atoms with Crippen molar-refractivity contribution in [2.24, 2.45) is 0 Å². The predicted molar refractivity (Wildman–Crippen MR) is 235 cm³/mol. The van der Waals surface area contributed by atoms with Gasteiger partial charge in [0, 0.05) is 55.7 Å². The van der Waals surface area contributed by atoms with Crippen LogP contribution < -0.4 is 9.80 Å². The summed E-state index contributed by atoms with van der Waals surface area (Å²) in [7, 11) is 0. The molecule has 7 heteroatoms. The number of rotatable bonds is 6. The van der Waals surface area contributed by atoms with Gasteiger partial charge in [0.05, 0.1) is 5.56 Å². The maximum Gasteiger partial charge on any atom is 0.416 e. The molecule has 11 aromatic rings. The Labute approximate surface area is 336 Å². The molecule has 0 unspecified atom stereocenters. The lowest BCUT2D eigenvalue weighted by Gasteiger charge is -2.26. The number of hydrogen-bond acceptors (Lipinski definition) is 4. The van der Waals surface area contributed by atoms with Crippen molar-refractivity contribution < 1.29 is 22.0 Å². The second kappa shape index (κ2) is 13.3. The SMILES string of the molecule is Cc1cccc(N(c2ccccc2)c2ccc3cc4c(cc3c2)oc2c4ccc3c4cc5ccc(N(c6ccccc6)c6cccc(C(F)(F)F)c6)cc5cc4oc32)c1. The first-order valence-corrected chi connectivity index (χ1v) is 19.4. The van der Waals surface area contributed by atoms with Crippen molar-refractivity contribution >= 4 is 99.5 Å². The second-order valence-corrected chi connectivity index (χ2v) is 15.0. The van der Waals surface area contributed by atoms with Gasteiger partial charge in [-0.3, -0.25) is 0 Å². The zero-order chi connectivity index (χ0) is 39.8. The van der Waals surface area contributed by atoms with Gasteiger partial charge in [0.25, 0.3) is 0 Å². The van der Waals surface area contributed by atoms with Crippen LogP contribution in [0.1, 0.15) is 11.1 Å². The van der Waals surface area contributed by atoms with Crippen LogP contribution in [0.25, 0.3) is 65.4 Å². The van der Waals surface area contributed by atoms with Crippen LogP contribution in [0.15, 0.2) is 191 Å². The first-order valence-electron chi connectivity index (χ1n) is 19.4. The molecule has 59 heavy (non-hydrogen) atoms. The van der Waals surface area contributed by atoms with E-state index in [1.807, 2.05) is 65.6 Å². The lowest BCUT2D eigenvalue weighted by Crippen LogP contribution is -2.12. The van der Waals surface area contributed by atoms with Crippen molar-refractivity contribution in [3.8, 4) is 0 Å². The topological polar surface area (TPSA) is 32.8 Å². The van der Waals surface area contributed by atoms with Gasteiger partial charge in [0.15, 0.2) is 11.2 Å². The number of nitrogens with zero attached hydrogens (tertiary/aromatic N) is 2. The molecule has 0 radical (unpaired) electrons. The number of fused-ring (bicyclic) bond motifs is 9. The quantitative estimate of drug-likeness (QED) is 0.168. The van der Waals surface area contributed by atoms with E-state index in [9.17, 15) is 13.2 Å². The Balaban J connectivity index is 1.02. The van der Waals surface area contributed by atoms with Gasteiger partial charge in [-0.1, -0.05) is 66.7 Å². The van der Waals surface area contributed by atoms with E-state index < -0.39 is 11.7 Å². The van der Waals surface area contributed by atoms with Crippen molar-refractivity contribution in [1.82, 2.24) is 0 Å². The Morgan fingerprint density at radius 1 is 0.373 bits per heavy atom. The summed E-state index contributed by atoms with van der Waals surface area (Å²) >= 11 is 0. The number of anilines is 6. The molecule has 0 aliphatic rings. The molecule has 9 aromatic carbocycles. The molecule has 11 rings (SSSR count). The zero-order valence-electron chi connectivity index (χ0n) is 31.7. The van der Waals surface area contributed by atoms with Gasteiger partial charge < -0.3 is 18.6 Å². The Morgan fingerprint density at radius 3 is 1.32 bits per heavy atom. The van der Waals surface area contributed by atoms with Gasteiger partial charge >= 0.3 is 6.18 Å². The van der Waals surface area contributed by atoms with Gasteiger partial charge in [-0.15, -0.1) is 0 Å². The number of furan rings is 2. The molecule has 0 fully saturated rings. The fraction of sp³-hybridized carbons (Fsp3) is 0.0385. The van der Waals surface area contributed by atoms with Gasteiger partial charge in [-0.25, -0.2) is 0 Å². The highest BCUT2D eigenvalue weighted by Crippen LogP contribution is 2.44. The maximum atomic E-state index is 13.8. The molecule has 4 nitrogen and oxygen atoms in total. The van der Waals surface area contributed by atoms with Crippen LogP contribution in [0, 0.1) is 6.92 Å². The van der Waals surface area contributed by atoms with Crippen LogP contribution in [0.5, 0.6) is 0 Å². The number of halogens is 3. The van der Waals surface area contributed by atoms with Crippen LogP contribution in [-0.2, 0) is 6.18 Å². The predicted octanol–water partition coefficient (Wildman–Crippen LogP) is 16.1. The number of benzene rings is 9. The van der Waals surface area contributed by atoms with Crippen LogP contribution in [-0.4, -0.2) is 0 Å². The van der Waals surface area contributed by atoms with Gasteiger partial charge in [0.1, 0.15) is 11.2 Å². The van der Waals surface area contributed by atoms with E-state index in [-0.39, 0.29) is 0 Å². The van der Waals surface area contributed by atoms with Crippen LogP contribution >= 0.6 is 0 Å². The first kappa shape index (κ1) is 34.7. The van der Waals surface area contributed by atoms with Crippen molar-refractivity contribution in [2.45, 2.75) is 13.1 Å². The molecule has 0 saturated heterocycles. The van der Waals surface area contributed by atoms with E-state index in [0.29, 0.717) is 22.4 Å². The maximum absolute atomic E-state index is 13.8. The number of aryl methyl sites for hydroxylation is 1. The van der Waals surface area contributed by atoms with Crippen molar-refractivity contribution in [1.29, 1.82) is 0 Å². The summed E-state index contributed by atoms with van der Waals surface area (Å²) in [5, 5.41) is 7.88. The Kier molecular flexibility index (Phi) is 7.82. The van der Waals surface area contributed by atoms with Crippen molar-refractivity contribution in [2.75, 3.05) is 9.80 Å². The summed E-state index contributed by atoms with van der Waals surface area (Å²) in [6, 6.07) is 58.8. The fourth-order valence-electron chi connectivity index (χ4n) is 8.44. The first-order chi connectivity index (χ1) is 28.7. The summed E-state index contributed by atoms with van der Waals surface area (Å²) < 4.78 is 54.8. The second-order valence-electron chi connectivity index (χ2n) is 15.0. The molecule has 0 bridgehead atoms. The summed E-state index contributed by atoms with van der Waals surface area (Å²) in [5.74, 6) is 0. The summed E-state index contributed by atoms with van der Waals surface area (Å²) in [6.45, 7) is 2.11. The smallest absolute Gasteiger partial charge is 0.416 e. The largest absolute Gasteiger partial charge is 0.452 e. The highest BCUT2D eigenvalue weighted by Gasteiger charge is 2.31. The summed E-state index contributed by atoms with van der Waals surface area (Å²) in [4.78, 5) is 4.11. The molecule has 0 spiro atoms. The van der Waals surface area contributed by atoms with E-state index in [1.165, 1.54) is 17.7 Å². The molecule has 0 aliphatic carbocycles. The Morgan fingerprint density at radius 2 is 0.831 bits per heavy atom. The molecule has 0 N–H and O–H groups in total. The Hall–Kier alpha value is -7.51. The average Bonchev–Trinajstić information content (AvgIpc) is 3.80. The fourth-order valence-corrected chi connectivity index (χ4v) is 8.44. The van der Waals surface area contributed by atoms with Crippen LogP contribution in [0.2, 0.25) is 0 Å². The lowest BCUT2D eigenvalue weighted by atomic mass is 10.0. The monoisotopic (exact) mass is 774 g/mol. The van der Waals surface area contributed by atoms with Gasteiger partial charge in [-0.05, 0) is 149 Å².